The molecule has 0 radical (unpaired) electrons. The van der Waals surface area contributed by atoms with Crippen LogP contribution in [0, 0.1) is 12.7 Å². The molecule has 0 heterocycles. The molecule has 1 N–H and O–H groups in total. The number of amides is 2. The maximum absolute atomic E-state index is 13.9. The predicted molar refractivity (Wildman–Crippen MR) is 129 cm³/mol. The summed E-state index contributed by atoms with van der Waals surface area (Å²) in [6.07, 6.45) is 5.50. The largest absolute Gasteiger partial charge is 0.352 e. The zero-order valence-corrected chi connectivity index (χ0v) is 19.8. The van der Waals surface area contributed by atoms with Crippen LogP contribution in [0.25, 0.3) is 0 Å². The van der Waals surface area contributed by atoms with Crippen molar-refractivity contribution in [3.05, 3.63) is 71.0 Å². The number of rotatable bonds is 9. The van der Waals surface area contributed by atoms with Crippen LogP contribution in [0.3, 0.4) is 0 Å². The van der Waals surface area contributed by atoms with Crippen LogP contribution in [0.1, 0.15) is 55.7 Å². The molecule has 0 bridgehead atoms. The fourth-order valence-corrected chi connectivity index (χ4v) is 4.97. The molecule has 1 saturated carbocycles. The monoisotopic (exact) mass is 456 g/mol. The first kappa shape index (κ1) is 24.3. The third-order valence-electron chi connectivity index (χ3n) is 6.16. The Morgan fingerprint density at radius 2 is 1.72 bits per heavy atom. The highest BCUT2D eigenvalue weighted by Crippen LogP contribution is 2.20. The molecule has 1 atom stereocenters. The number of aryl methyl sites for hydroxylation is 1. The fourth-order valence-electron chi connectivity index (χ4n) is 4.07. The number of carbonyl (C=O) groups excluding carboxylic acids is 2. The molecule has 1 unspecified atom stereocenters. The maximum Gasteiger partial charge on any atom is 0.242 e. The summed E-state index contributed by atoms with van der Waals surface area (Å²) in [5.41, 5.74) is 2.69. The Kier molecular flexibility index (Phi) is 9.15. The lowest BCUT2D eigenvalue weighted by Gasteiger charge is -2.31. The number of hydrogen-bond donors (Lipinski definition) is 1. The number of carbonyl (C=O) groups is 2. The first-order valence-corrected chi connectivity index (χ1v) is 12.6. The van der Waals surface area contributed by atoms with Gasteiger partial charge in [-0.15, -0.1) is 11.8 Å². The summed E-state index contributed by atoms with van der Waals surface area (Å²) in [5.74, 6) is 0.142. The van der Waals surface area contributed by atoms with Crippen LogP contribution >= 0.6 is 11.8 Å². The quantitative estimate of drug-likeness (QED) is 0.562. The summed E-state index contributed by atoms with van der Waals surface area (Å²) in [7, 11) is 0. The van der Waals surface area contributed by atoms with Crippen molar-refractivity contribution in [2.75, 3.05) is 5.75 Å². The van der Waals surface area contributed by atoms with Gasteiger partial charge in [0.05, 0.1) is 5.75 Å². The summed E-state index contributed by atoms with van der Waals surface area (Å²) < 4.78 is 13.9. The average Bonchev–Trinajstić information content (AvgIpc) is 2.80. The summed E-state index contributed by atoms with van der Waals surface area (Å²) in [5, 5.41) is 3.15. The van der Waals surface area contributed by atoms with Gasteiger partial charge >= 0.3 is 0 Å². The Morgan fingerprint density at radius 1 is 1.06 bits per heavy atom. The zero-order valence-electron chi connectivity index (χ0n) is 19.0. The third kappa shape index (κ3) is 6.83. The van der Waals surface area contributed by atoms with E-state index in [1.807, 2.05) is 31.2 Å². The normalized spacial score (nSPS) is 15.2. The Morgan fingerprint density at radius 3 is 2.41 bits per heavy atom. The Hall–Kier alpha value is -2.34. The second-order valence-electron chi connectivity index (χ2n) is 8.55. The van der Waals surface area contributed by atoms with Gasteiger partial charge in [-0.05, 0) is 49.4 Å². The van der Waals surface area contributed by atoms with Crippen LogP contribution in [-0.2, 0) is 21.9 Å². The van der Waals surface area contributed by atoms with Crippen molar-refractivity contribution in [2.24, 2.45) is 0 Å². The molecule has 4 nitrogen and oxygen atoms in total. The fraction of sp³-hybridized carbons (Fsp3) is 0.462. The van der Waals surface area contributed by atoms with Gasteiger partial charge < -0.3 is 10.2 Å². The molecule has 6 heteroatoms. The molecule has 3 rings (SSSR count). The van der Waals surface area contributed by atoms with Crippen molar-refractivity contribution in [3.8, 4) is 0 Å². The molecule has 0 spiro atoms. The molecular formula is C26H33FN2O2S. The predicted octanol–water partition coefficient (Wildman–Crippen LogP) is 5.23. The molecule has 2 aromatic rings. The minimum atomic E-state index is -0.571. The molecule has 172 valence electrons. The minimum Gasteiger partial charge on any atom is -0.352 e. The van der Waals surface area contributed by atoms with Gasteiger partial charge in [0, 0.05) is 18.3 Å². The standard InChI is InChI=1S/C26H33FN2O2S/c1-19-10-6-7-11-21(19)16-29(20(2)26(31)28-23-13-4-3-5-14-23)25(30)18-32-17-22-12-8-9-15-24(22)27/h6-12,15,20,23H,3-5,13-14,16-18H2,1-2H3,(H,28,31). The number of nitrogens with zero attached hydrogens (tertiary/aromatic N) is 1. The molecular weight excluding hydrogens is 423 g/mol. The van der Waals surface area contributed by atoms with Gasteiger partial charge in [-0.3, -0.25) is 9.59 Å². The highest BCUT2D eigenvalue weighted by atomic mass is 32.2. The van der Waals surface area contributed by atoms with E-state index in [0.717, 1.165) is 36.8 Å². The van der Waals surface area contributed by atoms with Crippen molar-refractivity contribution in [1.82, 2.24) is 10.2 Å². The van der Waals surface area contributed by atoms with E-state index >= 15 is 0 Å². The maximum atomic E-state index is 13.9. The molecule has 32 heavy (non-hydrogen) atoms. The van der Waals surface area contributed by atoms with Crippen molar-refractivity contribution < 1.29 is 14.0 Å². The van der Waals surface area contributed by atoms with Crippen molar-refractivity contribution >= 4 is 23.6 Å². The number of benzene rings is 2. The van der Waals surface area contributed by atoms with Gasteiger partial charge in [0.15, 0.2) is 0 Å². The first-order chi connectivity index (χ1) is 15.5. The van der Waals surface area contributed by atoms with Crippen LogP contribution in [0.2, 0.25) is 0 Å². The minimum absolute atomic E-state index is 0.0991. The molecule has 1 aliphatic rings. The van der Waals surface area contributed by atoms with Gasteiger partial charge in [0.1, 0.15) is 11.9 Å². The molecule has 1 aliphatic carbocycles. The van der Waals surface area contributed by atoms with Gasteiger partial charge in [-0.1, -0.05) is 61.7 Å². The lowest BCUT2D eigenvalue weighted by atomic mass is 9.95. The van der Waals surface area contributed by atoms with E-state index in [1.165, 1.54) is 24.2 Å². The Labute approximate surface area is 195 Å². The smallest absolute Gasteiger partial charge is 0.242 e. The summed E-state index contributed by atoms with van der Waals surface area (Å²) in [4.78, 5) is 27.9. The second kappa shape index (κ2) is 12.0. The Balaban J connectivity index is 1.67. The van der Waals surface area contributed by atoms with Crippen LogP contribution in [0.5, 0.6) is 0 Å². The molecule has 0 saturated heterocycles. The van der Waals surface area contributed by atoms with E-state index in [2.05, 4.69) is 5.32 Å². The van der Waals surface area contributed by atoms with Crippen molar-refractivity contribution in [1.29, 1.82) is 0 Å². The number of hydrogen-bond acceptors (Lipinski definition) is 3. The highest BCUT2D eigenvalue weighted by Gasteiger charge is 2.28. The summed E-state index contributed by atoms with van der Waals surface area (Å²) in [6.45, 7) is 4.19. The van der Waals surface area contributed by atoms with Crippen LogP contribution in [0.15, 0.2) is 48.5 Å². The van der Waals surface area contributed by atoms with Crippen LogP contribution < -0.4 is 5.32 Å². The lowest BCUT2D eigenvalue weighted by Crippen LogP contribution is -2.50. The van der Waals surface area contributed by atoms with Crippen molar-refractivity contribution in [2.45, 2.75) is 70.3 Å². The molecule has 0 aliphatic heterocycles. The van der Waals surface area contributed by atoms with E-state index in [1.54, 1.807) is 30.0 Å². The summed E-state index contributed by atoms with van der Waals surface area (Å²) in [6, 6.07) is 14.2. The van der Waals surface area contributed by atoms with Gasteiger partial charge in [-0.25, -0.2) is 4.39 Å². The van der Waals surface area contributed by atoms with Crippen molar-refractivity contribution in [3.63, 3.8) is 0 Å². The van der Waals surface area contributed by atoms with Crippen LogP contribution in [0.4, 0.5) is 4.39 Å². The van der Waals surface area contributed by atoms with E-state index in [4.69, 9.17) is 0 Å². The number of thioether (sulfide) groups is 1. The first-order valence-electron chi connectivity index (χ1n) is 11.4. The SMILES string of the molecule is Cc1ccccc1CN(C(=O)CSCc1ccccc1F)C(C)C(=O)NC1CCCCC1. The van der Waals surface area contributed by atoms with E-state index in [-0.39, 0.29) is 29.4 Å². The highest BCUT2D eigenvalue weighted by molar-refractivity contribution is 7.99. The lowest BCUT2D eigenvalue weighted by molar-refractivity contribution is -0.139. The molecule has 1 fully saturated rings. The van der Waals surface area contributed by atoms with E-state index in [0.29, 0.717) is 17.9 Å². The van der Waals surface area contributed by atoms with Crippen LogP contribution in [-0.4, -0.2) is 34.6 Å². The molecule has 2 aromatic carbocycles. The molecule has 0 aromatic heterocycles. The Bertz CT molecular complexity index is 914. The third-order valence-corrected chi connectivity index (χ3v) is 7.13. The van der Waals surface area contributed by atoms with Gasteiger partial charge in [0.25, 0.3) is 0 Å². The average molecular weight is 457 g/mol. The second-order valence-corrected chi connectivity index (χ2v) is 9.54. The number of halogens is 1. The van der Waals surface area contributed by atoms with Gasteiger partial charge in [0.2, 0.25) is 11.8 Å². The van der Waals surface area contributed by atoms with E-state index in [9.17, 15) is 14.0 Å². The van der Waals surface area contributed by atoms with Gasteiger partial charge in [-0.2, -0.15) is 0 Å². The number of nitrogens with one attached hydrogen (secondary N) is 1. The molecule has 2 amide bonds. The zero-order chi connectivity index (χ0) is 22.9. The summed E-state index contributed by atoms with van der Waals surface area (Å²) >= 11 is 1.37. The van der Waals surface area contributed by atoms with E-state index < -0.39 is 6.04 Å². The topological polar surface area (TPSA) is 49.4 Å².